The van der Waals surface area contributed by atoms with E-state index in [0.717, 1.165) is 18.1 Å². The lowest BCUT2D eigenvalue weighted by Gasteiger charge is -2.45. The molecule has 2 aliphatic rings. The zero-order chi connectivity index (χ0) is 17.2. The topological polar surface area (TPSA) is 83.5 Å². The first-order valence-electron chi connectivity index (χ1n) is 8.02. The van der Waals surface area contributed by atoms with Gasteiger partial charge in [-0.15, -0.1) is 0 Å². The minimum Gasteiger partial charge on any atom is -0.377 e. The van der Waals surface area contributed by atoms with Crippen LogP contribution in [-0.2, 0) is 9.53 Å². The highest BCUT2D eigenvalue weighted by Gasteiger charge is 2.35. The van der Waals surface area contributed by atoms with E-state index in [9.17, 15) is 4.79 Å². The summed E-state index contributed by atoms with van der Waals surface area (Å²) in [4.78, 5) is 29.0. The number of amides is 1. The summed E-state index contributed by atoms with van der Waals surface area (Å²) in [5, 5.41) is 3.07. The van der Waals surface area contributed by atoms with Gasteiger partial charge in [0, 0.05) is 31.2 Å². The summed E-state index contributed by atoms with van der Waals surface area (Å²) in [5.41, 5.74) is 1.53. The van der Waals surface area contributed by atoms with E-state index in [1.165, 1.54) is 0 Å². The monoisotopic (exact) mass is 360 g/mol. The Morgan fingerprint density at radius 2 is 2.24 bits per heavy atom. The van der Waals surface area contributed by atoms with Gasteiger partial charge in [-0.2, -0.15) is 4.98 Å². The highest BCUT2D eigenvalue weighted by molar-refractivity contribution is 6.28. The van der Waals surface area contributed by atoms with E-state index in [2.05, 4.69) is 25.2 Å². The Bertz CT molecular complexity index is 774. The number of pyridine rings is 1. The summed E-state index contributed by atoms with van der Waals surface area (Å²) in [6.45, 7) is 2.87. The lowest BCUT2D eigenvalue weighted by molar-refractivity contribution is -0.115. The molecule has 0 spiro atoms. The number of rotatable bonds is 3. The maximum Gasteiger partial charge on any atom is 0.243 e. The van der Waals surface area contributed by atoms with Gasteiger partial charge >= 0.3 is 0 Å². The number of anilines is 3. The summed E-state index contributed by atoms with van der Waals surface area (Å²) in [6.07, 6.45) is 4.95. The second-order valence-corrected chi connectivity index (χ2v) is 6.27. The van der Waals surface area contributed by atoms with Gasteiger partial charge in [0.1, 0.15) is 0 Å². The Hall–Kier alpha value is -2.45. The molecule has 1 atom stereocenters. The van der Waals surface area contributed by atoms with Crippen molar-refractivity contribution in [2.24, 2.45) is 0 Å². The van der Waals surface area contributed by atoms with Crippen molar-refractivity contribution in [2.75, 3.05) is 48.0 Å². The third-order valence-corrected chi connectivity index (χ3v) is 4.47. The molecule has 1 fully saturated rings. The fourth-order valence-corrected chi connectivity index (χ4v) is 3.31. The smallest absolute Gasteiger partial charge is 0.243 e. The second-order valence-electron chi connectivity index (χ2n) is 5.93. The van der Waals surface area contributed by atoms with Crippen molar-refractivity contribution in [2.45, 2.75) is 6.04 Å². The number of carbonyl (C=O) groups excluding carboxylic acids is 1. The summed E-state index contributed by atoms with van der Waals surface area (Å²) >= 11 is 5.98. The number of aromatic nitrogens is 3. The molecule has 1 saturated heterocycles. The average Bonchev–Trinajstić information content (AvgIpc) is 2.62. The zero-order valence-electron chi connectivity index (χ0n) is 13.4. The molecule has 2 aliphatic heterocycles. The number of halogens is 1. The SMILES string of the molecule is O=C(CN1CC2COCCN2c2nc(Cl)ncc21)Nc1ccncc1. The fraction of sp³-hybridized carbons (Fsp3) is 0.375. The highest BCUT2D eigenvalue weighted by Crippen LogP contribution is 2.34. The van der Waals surface area contributed by atoms with Gasteiger partial charge in [-0.05, 0) is 23.7 Å². The Morgan fingerprint density at radius 1 is 1.40 bits per heavy atom. The fourth-order valence-electron chi connectivity index (χ4n) is 3.18. The molecule has 4 rings (SSSR count). The van der Waals surface area contributed by atoms with Crippen LogP contribution in [0.25, 0.3) is 0 Å². The van der Waals surface area contributed by atoms with Crippen LogP contribution in [0.4, 0.5) is 17.2 Å². The van der Waals surface area contributed by atoms with Crippen LogP contribution in [0.15, 0.2) is 30.7 Å². The van der Waals surface area contributed by atoms with Crippen LogP contribution >= 0.6 is 11.6 Å². The van der Waals surface area contributed by atoms with Crippen molar-refractivity contribution in [1.29, 1.82) is 0 Å². The van der Waals surface area contributed by atoms with Crippen molar-refractivity contribution in [3.8, 4) is 0 Å². The van der Waals surface area contributed by atoms with Crippen molar-refractivity contribution < 1.29 is 9.53 Å². The van der Waals surface area contributed by atoms with Gasteiger partial charge in [-0.3, -0.25) is 9.78 Å². The summed E-state index contributed by atoms with van der Waals surface area (Å²) < 4.78 is 5.58. The number of nitrogens with one attached hydrogen (secondary N) is 1. The van der Waals surface area contributed by atoms with Gasteiger partial charge in [0.15, 0.2) is 5.82 Å². The van der Waals surface area contributed by atoms with Crippen LogP contribution in [0.3, 0.4) is 0 Å². The summed E-state index contributed by atoms with van der Waals surface area (Å²) in [6, 6.07) is 3.64. The lowest BCUT2D eigenvalue weighted by atomic mass is 10.1. The molecule has 0 radical (unpaired) electrons. The predicted octanol–water partition coefficient (Wildman–Crippen LogP) is 1.19. The molecule has 1 unspecified atom stereocenters. The van der Waals surface area contributed by atoms with Crippen molar-refractivity contribution in [1.82, 2.24) is 15.0 Å². The molecule has 4 heterocycles. The first kappa shape index (κ1) is 16.0. The van der Waals surface area contributed by atoms with Gasteiger partial charge < -0.3 is 19.9 Å². The van der Waals surface area contributed by atoms with Crippen molar-refractivity contribution in [3.63, 3.8) is 0 Å². The molecule has 8 nitrogen and oxygen atoms in total. The molecule has 2 aromatic rings. The van der Waals surface area contributed by atoms with Crippen molar-refractivity contribution in [3.05, 3.63) is 36.0 Å². The quantitative estimate of drug-likeness (QED) is 0.823. The Balaban J connectivity index is 1.56. The molecule has 0 aromatic carbocycles. The summed E-state index contributed by atoms with van der Waals surface area (Å²) in [7, 11) is 0. The number of ether oxygens (including phenoxy) is 1. The molecule has 0 aliphatic carbocycles. The van der Waals surface area contributed by atoms with Gasteiger partial charge in [0.25, 0.3) is 0 Å². The molecule has 25 heavy (non-hydrogen) atoms. The van der Waals surface area contributed by atoms with E-state index in [0.29, 0.717) is 25.4 Å². The highest BCUT2D eigenvalue weighted by atomic mass is 35.5. The van der Waals surface area contributed by atoms with Gasteiger partial charge in [0.05, 0.1) is 37.7 Å². The molecule has 2 aromatic heterocycles. The van der Waals surface area contributed by atoms with Crippen LogP contribution in [0, 0.1) is 0 Å². The molecule has 1 N–H and O–H groups in total. The third-order valence-electron chi connectivity index (χ3n) is 4.29. The molecule has 1 amide bonds. The van der Waals surface area contributed by atoms with E-state index in [1.54, 1.807) is 30.7 Å². The normalized spacial score (nSPS) is 19.2. The van der Waals surface area contributed by atoms with Gasteiger partial charge in [-0.1, -0.05) is 0 Å². The largest absolute Gasteiger partial charge is 0.377 e. The Morgan fingerprint density at radius 3 is 3.08 bits per heavy atom. The van der Waals surface area contributed by atoms with E-state index in [-0.39, 0.29) is 23.8 Å². The predicted molar refractivity (Wildman–Crippen MR) is 94.1 cm³/mol. The number of hydrogen-bond donors (Lipinski definition) is 1. The first-order valence-corrected chi connectivity index (χ1v) is 8.40. The molecular weight excluding hydrogens is 344 g/mol. The van der Waals surface area contributed by atoms with Gasteiger partial charge in [-0.25, -0.2) is 4.98 Å². The molecule has 0 bridgehead atoms. The van der Waals surface area contributed by atoms with Crippen LogP contribution in [0.1, 0.15) is 0 Å². The number of carbonyl (C=O) groups is 1. The third kappa shape index (κ3) is 3.35. The first-order chi connectivity index (χ1) is 12.2. The Labute approximate surface area is 149 Å². The minimum absolute atomic E-state index is 0.114. The molecular formula is C16H17ClN6O2. The molecule has 130 valence electrons. The minimum atomic E-state index is -0.114. The van der Waals surface area contributed by atoms with Crippen LogP contribution in [0.2, 0.25) is 5.28 Å². The Kier molecular flexibility index (Phi) is 4.37. The number of morpholine rings is 1. The van der Waals surface area contributed by atoms with E-state index < -0.39 is 0 Å². The molecule has 9 heteroatoms. The maximum atomic E-state index is 12.4. The van der Waals surface area contributed by atoms with Crippen LogP contribution in [-0.4, -0.2) is 59.7 Å². The number of nitrogens with zero attached hydrogens (tertiary/aromatic N) is 5. The number of hydrogen-bond acceptors (Lipinski definition) is 7. The van der Waals surface area contributed by atoms with Crippen LogP contribution in [0.5, 0.6) is 0 Å². The van der Waals surface area contributed by atoms with E-state index in [1.807, 2.05) is 4.90 Å². The van der Waals surface area contributed by atoms with Gasteiger partial charge in [0.2, 0.25) is 11.2 Å². The summed E-state index contributed by atoms with van der Waals surface area (Å²) in [5.74, 6) is 0.647. The zero-order valence-corrected chi connectivity index (χ0v) is 14.2. The lowest BCUT2D eigenvalue weighted by Crippen LogP contribution is -2.56. The van der Waals surface area contributed by atoms with Crippen LogP contribution < -0.4 is 15.1 Å². The van der Waals surface area contributed by atoms with E-state index in [4.69, 9.17) is 16.3 Å². The molecule has 0 saturated carbocycles. The van der Waals surface area contributed by atoms with Crippen molar-refractivity contribution >= 4 is 34.7 Å². The maximum absolute atomic E-state index is 12.4. The number of fused-ring (bicyclic) bond motifs is 3. The van der Waals surface area contributed by atoms with E-state index >= 15 is 0 Å². The average molecular weight is 361 g/mol. The second kappa shape index (κ2) is 6.81. The standard InChI is InChI=1S/C16H17ClN6O2/c17-16-19-7-13-15(21-16)23-5-6-25-10-12(23)8-22(13)9-14(24)20-11-1-3-18-4-2-11/h1-4,7,12H,5-6,8-10H2,(H,18,20,24).